The van der Waals surface area contributed by atoms with Crippen LogP contribution in [0.15, 0.2) is 24.3 Å². The third-order valence-corrected chi connectivity index (χ3v) is 2.34. The number of carbonyl (C=O) groups is 2. The van der Waals surface area contributed by atoms with Crippen LogP contribution in [0.5, 0.6) is 0 Å². The van der Waals surface area contributed by atoms with Crippen LogP contribution in [0.4, 0.5) is 0 Å². The Labute approximate surface area is 94.1 Å². The largest absolute Gasteiger partial charge is 0.481 e. The third-order valence-electron chi connectivity index (χ3n) is 2.34. The lowest BCUT2D eigenvalue weighted by atomic mass is 10.0. The molecule has 0 radical (unpaired) electrons. The summed E-state index contributed by atoms with van der Waals surface area (Å²) >= 11 is 0. The van der Waals surface area contributed by atoms with E-state index in [1.54, 1.807) is 12.1 Å². The van der Waals surface area contributed by atoms with Crippen molar-refractivity contribution in [3.05, 3.63) is 35.4 Å². The van der Waals surface area contributed by atoms with E-state index < -0.39 is 12.0 Å². The number of aliphatic carboxylic acids is 1. The summed E-state index contributed by atoms with van der Waals surface area (Å²) in [6.45, 7) is 1.93. The molecule has 1 atom stereocenters. The maximum atomic E-state index is 11.8. The molecule has 16 heavy (non-hydrogen) atoms. The Balaban J connectivity index is 2.63. The molecular weight excluding hydrogens is 206 g/mol. The Hall–Kier alpha value is -1.68. The molecule has 0 saturated carbocycles. The van der Waals surface area contributed by atoms with Gasteiger partial charge in [-0.3, -0.25) is 9.59 Å². The fourth-order valence-corrected chi connectivity index (χ4v) is 1.34. The molecule has 4 heteroatoms. The number of hydrogen-bond donors (Lipinski definition) is 2. The van der Waals surface area contributed by atoms with Crippen LogP contribution in [0.2, 0.25) is 0 Å². The van der Waals surface area contributed by atoms with Crippen molar-refractivity contribution >= 4 is 11.8 Å². The smallest absolute Gasteiger partial charge is 0.303 e. The maximum absolute atomic E-state index is 11.8. The van der Waals surface area contributed by atoms with Crippen LogP contribution >= 0.6 is 0 Å². The van der Waals surface area contributed by atoms with Gasteiger partial charge in [0.15, 0.2) is 5.78 Å². The summed E-state index contributed by atoms with van der Waals surface area (Å²) in [5, 5.41) is 8.48. The number of nitrogens with two attached hydrogens (primary N) is 1. The van der Waals surface area contributed by atoms with Crippen LogP contribution in [0.1, 0.15) is 28.8 Å². The standard InChI is InChI=1S/C12H15NO3/c1-8-2-4-9(5-3-8)12(16)10(13)6-7-11(14)15/h2-5,10H,6-7,13H2,1H3,(H,14,15). The Morgan fingerprint density at radius 3 is 2.38 bits per heavy atom. The predicted molar refractivity (Wildman–Crippen MR) is 60.4 cm³/mol. The van der Waals surface area contributed by atoms with Crippen LogP contribution in [-0.2, 0) is 4.79 Å². The average molecular weight is 221 g/mol. The number of ketones is 1. The van der Waals surface area contributed by atoms with E-state index in [0.29, 0.717) is 5.56 Å². The molecule has 0 heterocycles. The average Bonchev–Trinajstić information content (AvgIpc) is 2.26. The first kappa shape index (κ1) is 12.4. The zero-order chi connectivity index (χ0) is 12.1. The van der Waals surface area contributed by atoms with E-state index in [1.165, 1.54) is 0 Å². The van der Waals surface area contributed by atoms with Gasteiger partial charge in [0, 0.05) is 12.0 Å². The summed E-state index contributed by atoms with van der Waals surface area (Å²) < 4.78 is 0. The molecule has 0 aliphatic rings. The molecule has 0 bridgehead atoms. The second kappa shape index (κ2) is 5.42. The number of rotatable bonds is 5. The quantitative estimate of drug-likeness (QED) is 0.736. The molecule has 0 amide bonds. The van der Waals surface area contributed by atoms with Crippen molar-refractivity contribution < 1.29 is 14.7 Å². The minimum atomic E-state index is -0.938. The maximum Gasteiger partial charge on any atom is 0.303 e. The zero-order valence-electron chi connectivity index (χ0n) is 9.14. The lowest BCUT2D eigenvalue weighted by molar-refractivity contribution is -0.137. The first-order chi connectivity index (χ1) is 7.50. The minimum absolute atomic E-state index is 0.0846. The first-order valence-electron chi connectivity index (χ1n) is 5.09. The molecule has 4 nitrogen and oxygen atoms in total. The van der Waals surface area contributed by atoms with Crippen LogP contribution in [-0.4, -0.2) is 22.9 Å². The second-order valence-corrected chi connectivity index (χ2v) is 3.77. The number of hydrogen-bond acceptors (Lipinski definition) is 3. The summed E-state index contributed by atoms with van der Waals surface area (Å²) in [5.41, 5.74) is 7.22. The van der Waals surface area contributed by atoms with Crippen LogP contribution < -0.4 is 5.73 Å². The molecule has 1 rings (SSSR count). The highest BCUT2D eigenvalue weighted by Crippen LogP contribution is 2.08. The van der Waals surface area contributed by atoms with Gasteiger partial charge in [-0.15, -0.1) is 0 Å². The van der Waals surface area contributed by atoms with Gasteiger partial charge >= 0.3 is 5.97 Å². The van der Waals surface area contributed by atoms with Gasteiger partial charge in [0.25, 0.3) is 0 Å². The zero-order valence-corrected chi connectivity index (χ0v) is 9.14. The molecule has 86 valence electrons. The van der Waals surface area contributed by atoms with Crippen molar-refractivity contribution in [3.63, 3.8) is 0 Å². The van der Waals surface area contributed by atoms with Crippen LogP contribution in [0, 0.1) is 6.92 Å². The van der Waals surface area contributed by atoms with Crippen molar-refractivity contribution in [1.82, 2.24) is 0 Å². The second-order valence-electron chi connectivity index (χ2n) is 3.77. The molecule has 1 aromatic rings. The molecule has 0 aliphatic heterocycles. The van der Waals surface area contributed by atoms with Gasteiger partial charge in [0.05, 0.1) is 6.04 Å². The Morgan fingerprint density at radius 1 is 1.31 bits per heavy atom. The van der Waals surface area contributed by atoms with Crippen molar-refractivity contribution in [2.24, 2.45) is 5.73 Å². The number of carboxylic acids is 1. The fraction of sp³-hybridized carbons (Fsp3) is 0.333. The summed E-state index contributed by atoms with van der Waals surface area (Å²) in [6.07, 6.45) is 0.0841. The first-order valence-corrected chi connectivity index (χ1v) is 5.09. The summed E-state index contributed by atoms with van der Waals surface area (Å²) in [5.74, 6) is -1.14. The highest BCUT2D eigenvalue weighted by Gasteiger charge is 2.16. The monoisotopic (exact) mass is 221 g/mol. The summed E-state index contributed by atoms with van der Waals surface area (Å²) in [6, 6.07) is 6.34. The van der Waals surface area contributed by atoms with Crippen molar-refractivity contribution in [3.8, 4) is 0 Å². The SMILES string of the molecule is Cc1ccc(C(=O)C(N)CCC(=O)O)cc1. The van der Waals surface area contributed by atoms with E-state index in [-0.39, 0.29) is 18.6 Å². The van der Waals surface area contributed by atoms with Gasteiger partial charge in [-0.25, -0.2) is 0 Å². The minimum Gasteiger partial charge on any atom is -0.481 e. The summed E-state index contributed by atoms with van der Waals surface area (Å²) in [7, 11) is 0. The predicted octanol–water partition coefficient (Wildman–Crippen LogP) is 1.37. The molecule has 0 aliphatic carbocycles. The molecule has 0 saturated heterocycles. The Kier molecular flexibility index (Phi) is 4.19. The molecule has 0 aromatic heterocycles. The molecule has 1 aromatic carbocycles. The normalized spacial score (nSPS) is 12.1. The van der Waals surface area contributed by atoms with E-state index in [4.69, 9.17) is 10.8 Å². The highest BCUT2D eigenvalue weighted by atomic mass is 16.4. The highest BCUT2D eigenvalue weighted by molar-refractivity contribution is 6.00. The van der Waals surface area contributed by atoms with E-state index in [9.17, 15) is 9.59 Å². The van der Waals surface area contributed by atoms with E-state index in [1.807, 2.05) is 19.1 Å². The Bertz CT molecular complexity index is 384. The number of benzene rings is 1. The van der Waals surface area contributed by atoms with Gasteiger partial charge in [-0.05, 0) is 13.3 Å². The van der Waals surface area contributed by atoms with Gasteiger partial charge in [-0.2, -0.15) is 0 Å². The molecule has 0 spiro atoms. The van der Waals surface area contributed by atoms with Crippen LogP contribution in [0.3, 0.4) is 0 Å². The van der Waals surface area contributed by atoms with Gasteiger partial charge < -0.3 is 10.8 Å². The van der Waals surface area contributed by atoms with Crippen molar-refractivity contribution in [1.29, 1.82) is 0 Å². The van der Waals surface area contributed by atoms with Crippen LogP contribution in [0.25, 0.3) is 0 Å². The van der Waals surface area contributed by atoms with Crippen molar-refractivity contribution in [2.75, 3.05) is 0 Å². The molecular formula is C12H15NO3. The van der Waals surface area contributed by atoms with Gasteiger partial charge in [0.2, 0.25) is 0 Å². The lowest BCUT2D eigenvalue weighted by Gasteiger charge is -2.09. The van der Waals surface area contributed by atoms with E-state index >= 15 is 0 Å². The number of aryl methyl sites for hydroxylation is 1. The van der Waals surface area contributed by atoms with Gasteiger partial charge in [0.1, 0.15) is 0 Å². The topological polar surface area (TPSA) is 80.4 Å². The molecule has 1 unspecified atom stereocenters. The van der Waals surface area contributed by atoms with E-state index in [0.717, 1.165) is 5.56 Å². The molecule has 0 fully saturated rings. The van der Waals surface area contributed by atoms with Crippen molar-refractivity contribution in [2.45, 2.75) is 25.8 Å². The lowest BCUT2D eigenvalue weighted by Crippen LogP contribution is -2.31. The van der Waals surface area contributed by atoms with E-state index in [2.05, 4.69) is 0 Å². The van der Waals surface area contributed by atoms with Gasteiger partial charge in [-0.1, -0.05) is 29.8 Å². The molecule has 3 N–H and O–H groups in total. The summed E-state index contributed by atoms with van der Waals surface area (Å²) in [4.78, 5) is 22.1. The number of Topliss-reactive ketones (excluding diaryl/α,β-unsaturated/α-hetero) is 1. The number of carbonyl (C=O) groups excluding carboxylic acids is 1. The Morgan fingerprint density at radius 2 is 1.88 bits per heavy atom. The third kappa shape index (κ3) is 3.47. The number of carboxylic acid groups (broad SMARTS) is 1. The fourth-order valence-electron chi connectivity index (χ4n) is 1.34.